The molecule has 0 unspecified atom stereocenters. The molecular weight excluding hydrogens is 763 g/mol. The van der Waals surface area contributed by atoms with Crippen LogP contribution in [0.4, 0.5) is 0 Å². The van der Waals surface area contributed by atoms with Gasteiger partial charge in [0, 0.05) is 76.6 Å². The molecule has 0 fully saturated rings. The maximum absolute atomic E-state index is 2.66. The Bertz CT molecular complexity index is 4370. The summed E-state index contributed by atoms with van der Waals surface area (Å²) in [5.41, 5.74) is 19.0. The lowest BCUT2D eigenvalue weighted by Crippen LogP contribution is -2.59. The number of hydrogen-bond acceptors (Lipinski definition) is 0. The fourth-order valence-electron chi connectivity index (χ4n) is 12.3. The normalized spacial score (nSPS) is 13.0. The van der Waals surface area contributed by atoms with Gasteiger partial charge in [0.05, 0.1) is 38.8 Å². The van der Waals surface area contributed by atoms with Crippen LogP contribution in [0.1, 0.15) is 0 Å². The summed E-state index contributed by atoms with van der Waals surface area (Å²) >= 11 is 0. The standard InChI is InChI=1S/C58H33BN4/c1-3-16-35(17-4-1)60-48-27-11-10-22-39(48)44-32-51-45(33-50(44)60)41-24-14-26-47-55(41)62(51)56-37-20-8-7-15-34(37)31-52-53(56)59(47)46-25-13-23-40-43-30-29-42-38-21-9-12-28-49(38)61(36-18-5-2-6-19-36)57(42)58(43)63(52)54(40)46/h1-33H. The van der Waals surface area contributed by atoms with Gasteiger partial charge in [0.15, 0.2) is 0 Å². The van der Waals surface area contributed by atoms with Gasteiger partial charge in [-0.1, -0.05) is 146 Å². The highest BCUT2D eigenvalue weighted by atomic mass is 15.1. The van der Waals surface area contributed by atoms with Crippen molar-refractivity contribution in [2.45, 2.75) is 0 Å². The second-order valence-electron chi connectivity index (χ2n) is 17.6. The molecule has 2 aliphatic rings. The molecule has 5 heteroatoms. The Morgan fingerprint density at radius 2 is 0.762 bits per heavy atom. The van der Waals surface area contributed by atoms with E-state index in [1.807, 2.05) is 0 Å². The molecule has 0 aliphatic carbocycles. The fourth-order valence-corrected chi connectivity index (χ4v) is 12.3. The van der Waals surface area contributed by atoms with Gasteiger partial charge in [-0.2, -0.15) is 0 Å². The second-order valence-corrected chi connectivity index (χ2v) is 17.6. The van der Waals surface area contributed by atoms with Crippen molar-refractivity contribution in [2.24, 2.45) is 0 Å². The van der Waals surface area contributed by atoms with Gasteiger partial charge in [0.25, 0.3) is 6.71 Å². The predicted octanol–water partition coefficient (Wildman–Crippen LogP) is 12.4. The number of nitrogens with zero attached hydrogens (tertiary/aromatic N) is 4. The highest BCUT2D eigenvalue weighted by Gasteiger charge is 2.42. The largest absolute Gasteiger partial charge is 0.310 e. The molecule has 2 aliphatic heterocycles. The maximum Gasteiger partial charge on any atom is 0.252 e. The first-order chi connectivity index (χ1) is 31.3. The first-order valence-electron chi connectivity index (χ1n) is 22.0. The van der Waals surface area contributed by atoms with E-state index in [-0.39, 0.29) is 6.71 Å². The number of benzene rings is 10. The third-order valence-electron chi connectivity index (χ3n) is 14.7. The van der Waals surface area contributed by atoms with Crippen LogP contribution in [-0.2, 0) is 0 Å². The maximum atomic E-state index is 2.66. The van der Waals surface area contributed by atoms with E-state index in [0.717, 1.165) is 0 Å². The molecule has 0 spiro atoms. The first kappa shape index (κ1) is 32.5. The smallest absolute Gasteiger partial charge is 0.252 e. The number of rotatable bonds is 2. The summed E-state index contributed by atoms with van der Waals surface area (Å²) in [6.07, 6.45) is 0. The second kappa shape index (κ2) is 11.3. The van der Waals surface area contributed by atoms with Crippen LogP contribution in [0.2, 0.25) is 0 Å². The Kier molecular flexibility index (Phi) is 5.85. The van der Waals surface area contributed by atoms with Gasteiger partial charge in [0.1, 0.15) is 0 Å². The number of para-hydroxylation sites is 6. The van der Waals surface area contributed by atoms with Crippen molar-refractivity contribution in [1.82, 2.24) is 18.3 Å². The molecule has 0 amide bonds. The Labute approximate surface area is 360 Å². The van der Waals surface area contributed by atoms with Gasteiger partial charge in [-0.05, 0) is 76.4 Å². The van der Waals surface area contributed by atoms with E-state index in [9.17, 15) is 0 Å². The lowest BCUT2D eigenvalue weighted by atomic mass is 9.34. The van der Waals surface area contributed by atoms with Gasteiger partial charge >= 0.3 is 0 Å². The number of aromatic nitrogens is 4. The van der Waals surface area contributed by atoms with E-state index in [1.165, 1.54) is 137 Å². The molecule has 0 atom stereocenters. The Hall–Kier alpha value is -8.28. The van der Waals surface area contributed by atoms with Gasteiger partial charge < -0.3 is 18.3 Å². The highest BCUT2D eigenvalue weighted by molar-refractivity contribution is 7.00. The number of fused-ring (bicyclic) bond motifs is 19. The molecular formula is C58H33BN4. The van der Waals surface area contributed by atoms with E-state index in [4.69, 9.17) is 0 Å². The van der Waals surface area contributed by atoms with Crippen molar-refractivity contribution in [1.29, 1.82) is 0 Å². The molecule has 4 nitrogen and oxygen atoms in total. The minimum absolute atomic E-state index is 0.0458. The van der Waals surface area contributed by atoms with Gasteiger partial charge in [-0.25, -0.2) is 0 Å². The average Bonchev–Trinajstić information content (AvgIpc) is 4.07. The molecule has 0 saturated carbocycles. The van der Waals surface area contributed by atoms with Crippen molar-refractivity contribution in [3.8, 4) is 22.7 Å². The summed E-state index contributed by atoms with van der Waals surface area (Å²) in [6.45, 7) is 0.0458. The molecule has 10 aromatic carbocycles. The molecule has 14 aromatic rings. The van der Waals surface area contributed by atoms with Crippen LogP contribution >= 0.6 is 0 Å². The van der Waals surface area contributed by atoms with Gasteiger partial charge in [-0.15, -0.1) is 0 Å². The van der Waals surface area contributed by atoms with E-state index >= 15 is 0 Å². The van der Waals surface area contributed by atoms with Crippen LogP contribution < -0.4 is 16.4 Å². The van der Waals surface area contributed by atoms with E-state index in [2.05, 4.69) is 218 Å². The van der Waals surface area contributed by atoms with Crippen LogP contribution in [0.3, 0.4) is 0 Å². The molecule has 16 rings (SSSR count). The van der Waals surface area contributed by atoms with Gasteiger partial charge in [0.2, 0.25) is 0 Å². The fraction of sp³-hybridized carbons (Fsp3) is 0. The SMILES string of the molecule is c1ccc(-n2c3ccccc3c3cc4c(cc32)c2cccc3c2n4-c2c4c(cc5ccccc25)-n2c5c(cccc5c5ccc6c7ccccc7n(-c7ccccc7)c6c52)B43)cc1. The molecule has 0 N–H and O–H groups in total. The molecule has 288 valence electrons. The molecule has 0 radical (unpaired) electrons. The quantitative estimate of drug-likeness (QED) is 0.155. The minimum Gasteiger partial charge on any atom is -0.310 e. The molecule has 0 bridgehead atoms. The average molecular weight is 797 g/mol. The molecule has 6 heterocycles. The van der Waals surface area contributed by atoms with Crippen molar-refractivity contribution in [3.63, 3.8) is 0 Å². The summed E-state index contributed by atoms with van der Waals surface area (Å²) in [7, 11) is 0. The van der Waals surface area contributed by atoms with Gasteiger partial charge in [-0.3, -0.25) is 0 Å². The minimum atomic E-state index is 0.0458. The molecule has 63 heavy (non-hydrogen) atoms. The monoisotopic (exact) mass is 796 g/mol. The zero-order valence-corrected chi connectivity index (χ0v) is 33.9. The highest BCUT2D eigenvalue weighted by Crippen LogP contribution is 2.46. The van der Waals surface area contributed by atoms with E-state index in [0.29, 0.717) is 0 Å². The van der Waals surface area contributed by atoms with Crippen molar-refractivity contribution in [3.05, 3.63) is 200 Å². The van der Waals surface area contributed by atoms with E-state index < -0.39 is 0 Å². The topological polar surface area (TPSA) is 19.7 Å². The summed E-state index contributed by atoms with van der Waals surface area (Å²) in [4.78, 5) is 0. The lowest BCUT2D eigenvalue weighted by molar-refractivity contribution is 1.14. The molecule has 0 saturated heterocycles. The summed E-state index contributed by atoms with van der Waals surface area (Å²) < 4.78 is 10.3. The predicted molar refractivity (Wildman–Crippen MR) is 266 cm³/mol. The van der Waals surface area contributed by atoms with Crippen LogP contribution in [0.25, 0.3) is 121 Å². The van der Waals surface area contributed by atoms with Crippen LogP contribution in [0.5, 0.6) is 0 Å². The Morgan fingerprint density at radius 1 is 0.286 bits per heavy atom. The van der Waals surface area contributed by atoms with Crippen molar-refractivity contribution in [2.75, 3.05) is 0 Å². The third kappa shape index (κ3) is 3.83. The van der Waals surface area contributed by atoms with Crippen molar-refractivity contribution >= 4 is 121 Å². The third-order valence-corrected chi connectivity index (χ3v) is 14.7. The Balaban J connectivity index is 1.12. The summed E-state index contributed by atoms with van der Waals surface area (Å²) in [5.74, 6) is 0. The zero-order chi connectivity index (χ0) is 40.7. The Morgan fingerprint density at radius 3 is 1.48 bits per heavy atom. The summed E-state index contributed by atoms with van der Waals surface area (Å²) in [5, 5.41) is 12.7. The van der Waals surface area contributed by atoms with E-state index in [1.54, 1.807) is 0 Å². The van der Waals surface area contributed by atoms with Crippen molar-refractivity contribution < 1.29 is 0 Å². The zero-order valence-electron chi connectivity index (χ0n) is 33.9. The first-order valence-corrected chi connectivity index (χ1v) is 22.0. The number of hydrogen-bond donors (Lipinski definition) is 0. The molecule has 4 aromatic heterocycles. The van der Waals surface area contributed by atoms with Crippen LogP contribution in [0, 0.1) is 0 Å². The summed E-state index contributed by atoms with van der Waals surface area (Å²) in [6, 6.07) is 75.0. The lowest BCUT2D eigenvalue weighted by Gasteiger charge is -2.34. The van der Waals surface area contributed by atoms with Crippen LogP contribution in [0.15, 0.2) is 200 Å². The van der Waals surface area contributed by atoms with Crippen LogP contribution in [-0.4, -0.2) is 25.0 Å².